The summed E-state index contributed by atoms with van der Waals surface area (Å²) in [7, 11) is 0. The molecule has 1 saturated heterocycles. The van der Waals surface area contributed by atoms with E-state index in [9.17, 15) is 14.0 Å². The molecular weight excluding hydrogens is 341 g/mol. The third kappa shape index (κ3) is 4.38. The van der Waals surface area contributed by atoms with Crippen molar-refractivity contribution in [3.05, 3.63) is 47.9 Å². The zero-order valence-electron chi connectivity index (χ0n) is 14.4. The topological polar surface area (TPSA) is 84.7 Å². The van der Waals surface area contributed by atoms with Gasteiger partial charge in [0.1, 0.15) is 5.82 Å². The second-order valence-corrected chi connectivity index (χ2v) is 6.19. The molecule has 3 rings (SSSR count). The van der Waals surface area contributed by atoms with Gasteiger partial charge in [0.25, 0.3) is 0 Å². The molecule has 0 spiro atoms. The zero-order valence-corrected chi connectivity index (χ0v) is 14.4. The largest absolute Gasteiger partial charge is 0.445 e. The number of carbonyl (C=O) groups excluding carboxylic acids is 2. The summed E-state index contributed by atoms with van der Waals surface area (Å²) in [6.45, 7) is 2.75. The maximum Gasteiger partial charge on any atom is 0.412 e. The Bertz CT molecular complexity index is 771. The van der Waals surface area contributed by atoms with Crippen molar-refractivity contribution in [2.24, 2.45) is 0 Å². The smallest absolute Gasteiger partial charge is 0.412 e. The zero-order chi connectivity index (χ0) is 18.5. The molecular formula is C18H20FN3O4. The van der Waals surface area contributed by atoms with Crippen LogP contribution in [-0.2, 0) is 16.1 Å². The summed E-state index contributed by atoms with van der Waals surface area (Å²) in [5, 5.41) is 2.48. The number of piperidine rings is 1. The Hall–Kier alpha value is -2.90. The number of hydrogen-bond donors (Lipinski definition) is 1. The number of halogens is 1. The molecule has 7 nitrogen and oxygen atoms in total. The van der Waals surface area contributed by atoms with Gasteiger partial charge in [-0.2, -0.15) is 0 Å². The Morgan fingerprint density at radius 1 is 1.38 bits per heavy atom. The van der Waals surface area contributed by atoms with Crippen LogP contribution in [-0.4, -0.2) is 35.0 Å². The van der Waals surface area contributed by atoms with Crippen LogP contribution in [0.15, 0.2) is 35.2 Å². The first-order valence-electron chi connectivity index (χ1n) is 8.39. The molecule has 0 aliphatic carbocycles. The minimum Gasteiger partial charge on any atom is -0.445 e. The van der Waals surface area contributed by atoms with Crippen molar-refractivity contribution in [2.45, 2.75) is 32.3 Å². The van der Waals surface area contributed by atoms with Crippen LogP contribution in [0.25, 0.3) is 0 Å². The molecule has 8 heteroatoms. The van der Waals surface area contributed by atoms with E-state index in [2.05, 4.69) is 10.3 Å². The van der Waals surface area contributed by atoms with E-state index in [-0.39, 0.29) is 24.2 Å². The molecule has 1 aromatic carbocycles. The Kier molecular flexibility index (Phi) is 5.50. The number of benzene rings is 1. The van der Waals surface area contributed by atoms with E-state index >= 15 is 0 Å². The van der Waals surface area contributed by atoms with Crippen LogP contribution in [0.3, 0.4) is 0 Å². The van der Waals surface area contributed by atoms with Crippen molar-refractivity contribution < 1.29 is 23.1 Å². The summed E-state index contributed by atoms with van der Waals surface area (Å²) in [5.41, 5.74) is 0.920. The van der Waals surface area contributed by atoms with E-state index in [1.54, 1.807) is 24.0 Å². The first kappa shape index (κ1) is 17.9. The third-order valence-electron chi connectivity index (χ3n) is 4.46. The number of likely N-dealkylation sites (tertiary alicyclic amines) is 1. The molecule has 1 aliphatic rings. The number of aromatic nitrogens is 1. The highest BCUT2D eigenvalue weighted by Crippen LogP contribution is 2.31. The van der Waals surface area contributed by atoms with Crippen LogP contribution in [0.5, 0.6) is 0 Å². The van der Waals surface area contributed by atoms with Gasteiger partial charge in [0.05, 0.1) is 6.20 Å². The first-order chi connectivity index (χ1) is 12.5. The highest BCUT2D eigenvalue weighted by atomic mass is 19.1. The lowest BCUT2D eigenvalue weighted by molar-refractivity contribution is -0.129. The molecule has 0 bridgehead atoms. The molecule has 26 heavy (non-hydrogen) atoms. The van der Waals surface area contributed by atoms with Gasteiger partial charge in [-0.3, -0.25) is 10.1 Å². The van der Waals surface area contributed by atoms with Crippen LogP contribution < -0.4 is 5.32 Å². The van der Waals surface area contributed by atoms with Crippen molar-refractivity contribution in [1.82, 2.24) is 9.88 Å². The number of anilines is 1. The summed E-state index contributed by atoms with van der Waals surface area (Å²) in [5.74, 6) is 0.156. The molecule has 138 valence electrons. The van der Waals surface area contributed by atoms with E-state index in [0.717, 1.165) is 12.8 Å². The second-order valence-electron chi connectivity index (χ2n) is 6.19. The highest BCUT2D eigenvalue weighted by molar-refractivity contribution is 5.84. The van der Waals surface area contributed by atoms with Crippen LogP contribution in [0, 0.1) is 5.82 Å². The molecule has 0 atom stereocenters. The number of hydrogen-bond acceptors (Lipinski definition) is 5. The number of nitrogens with zero attached hydrogens (tertiary/aromatic N) is 2. The third-order valence-corrected chi connectivity index (χ3v) is 4.46. The molecule has 1 aliphatic heterocycles. The number of ether oxygens (including phenoxy) is 1. The van der Waals surface area contributed by atoms with Crippen LogP contribution in [0.1, 0.15) is 37.0 Å². The van der Waals surface area contributed by atoms with Gasteiger partial charge in [-0.15, -0.1) is 0 Å². The van der Waals surface area contributed by atoms with E-state index in [1.165, 1.54) is 18.7 Å². The summed E-state index contributed by atoms with van der Waals surface area (Å²) >= 11 is 0. The van der Waals surface area contributed by atoms with Crippen molar-refractivity contribution in [2.75, 3.05) is 18.4 Å². The summed E-state index contributed by atoms with van der Waals surface area (Å²) < 4.78 is 24.4. The lowest BCUT2D eigenvalue weighted by Gasteiger charge is -2.31. The highest BCUT2D eigenvalue weighted by Gasteiger charge is 2.24. The minimum atomic E-state index is -0.705. The average molecular weight is 361 g/mol. The second kappa shape index (κ2) is 7.99. The van der Waals surface area contributed by atoms with Gasteiger partial charge in [0, 0.05) is 25.7 Å². The number of oxazole rings is 1. The molecule has 1 fully saturated rings. The van der Waals surface area contributed by atoms with Gasteiger partial charge in [-0.25, -0.2) is 14.2 Å². The standard InChI is InChI=1S/C18H20FN3O4/c1-12(23)22-6-4-13(5-7-22)16-3-2-14(8-17(16)19)21-18(24)25-10-15-9-20-11-26-15/h2-3,8-9,11,13H,4-7,10H2,1H3,(H,21,24). The monoisotopic (exact) mass is 361 g/mol. The molecule has 2 aromatic rings. The predicted octanol–water partition coefficient (Wildman–Crippen LogP) is 3.29. The van der Waals surface area contributed by atoms with E-state index in [1.807, 2.05) is 0 Å². The lowest BCUT2D eigenvalue weighted by Crippen LogP contribution is -2.36. The molecule has 0 unspecified atom stereocenters. The number of amides is 2. The van der Waals surface area contributed by atoms with E-state index < -0.39 is 6.09 Å². The number of carbonyl (C=O) groups is 2. The fraction of sp³-hybridized carbons (Fsp3) is 0.389. The average Bonchev–Trinajstić information content (AvgIpc) is 3.14. The van der Waals surface area contributed by atoms with Gasteiger partial charge in [0.15, 0.2) is 18.8 Å². The van der Waals surface area contributed by atoms with Crippen LogP contribution in [0.4, 0.5) is 14.9 Å². The van der Waals surface area contributed by atoms with E-state index in [4.69, 9.17) is 9.15 Å². The summed E-state index contributed by atoms with van der Waals surface area (Å²) in [4.78, 5) is 28.6. The van der Waals surface area contributed by atoms with Crippen molar-refractivity contribution >= 4 is 17.7 Å². The van der Waals surface area contributed by atoms with Gasteiger partial charge in [-0.05, 0) is 36.5 Å². The Labute approximate surface area is 150 Å². The van der Waals surface area contributed by atoms with Crippen LogP contribution in [0.2, 0.25) is 0 Å². The molecule has 2 heterocycles. The predicted molar refractivity (Wildman–Crippen MR) is 90.9 cm³/mol. The van der Waals surface area contributed by atoms with Crippen molar-refractivity contribution in [3.63, 3.8) is 0 Å². The number of nitrogens with one attached hydrogen (secondary N) is 1. The van der Waals surface area contributed by atoms with Crippen molar-refractivity contribution in [3.8, 4) is 0 Å². The van der Waals surface area contributed by atoms with Gasteiger partial charge in [-0.1, -0.05) is 6.07 Å². The SMILES string of the molecule is CC(=O)N1CCC(c2ccc(NC(=O)OCc3cnco3)cc2F)CC1. The number of rotatable bonds is 4. The quantitative estimate of drug-likeness (QED) is 0.903. The molecule has 0 saturated carbocycles. The maximum atomic E-state index is 14.5. The Morgan fingerprint density at radius 3 is 2.77 bits per heavy atom. The Morgan fingerprint density at radius 2 is 2.15 bits per heavy atom. The Balaban J connectivity index is 1.55. The normalized spacial score (nSPS) is 14.9. The fourth-order valence-corrected chi connectivity index (χ4v) is 3.05. The molecule has 1 aromatic heterocycles. The lowest BCUT2D eigenvalue weighted by atomic mass is 9.89. The summed E-state index contributed by atoms with van der Waals surface area (Å²) in [6, 6.07) is 4.60. The molecule has 1 N–H and O–H groups in total. The minimum absolute atomic E-state index is 0.0484. The first-order valence-corrected chi connectivity index (χ1v) is 8.39. The molecule has 2 amide bonds. The van der Waals surface area contributed by atoms with Crippen LogP contribution >= 0.6 is 0 Å². The summed E-state index contributed by atoms with van der Waals surface area (Å²) in [6.07, 6.45) is 3.43. The van der Waals surface area contributed by atoms with Gasteiger partial charge >= 0.3 is 6.09 Å². The fourth-order valence-electron chi connectivity index (χ4n) is 3.05. The van der Waals surface area contributed by atoms with Gasteiger partial charge < -0.3 is 14.1 Å². The molecule has 0 radical (unpaired) electrons. The van der Waals surface area contributed by atoms with E-state index in [0.29, 0.717) is 30.1 Å². The van der Waals surface area contributed by atoms with Crippen molar-refractivity contribution in [1.29, 1.82) is 0 Å². The van der Waals surface area contributed by atoms with Gasteiger partial charge in [0.2, 0.25) is 5.91 Å². The maximum absolute atomic E-state index is 14.5.